The van der Waals surface area contributed by atoms with Crippen LogP contribution in [-0.2, 0) is 15.8 Å². The Labute approximate surface area is 141 Å². The topological polar surface area (TPSA) is 47.9 Å². The summed E-state index contributed by atoms with van der Waals surface area (Å²) >= 11 is 0. The molecule has 0 saturated carbocycles. The molecule has 1 atom stereocenters. The van der Waals surface area contributed by atoms with Crippen molar-refractivity contribution in [2.24, 2.45) is 0 Å². The number of aliphatic hydroxyl groups is 1. The molecule has 0 saturated heterocycles. The molecular weight excluding hydrogens is 308 g/mol. The van der Waals surface area contributed by atoms with Crippen LogP contribution >= 0.6 is 0 Å². The van der Waals surface area contributed by atoms with Crippen LogP contribution in [0.3, 0.4) is 0 Å². The monoisotopic (exact) mass is 340 g/mol. The van der Waals surface area contributed by atoms with Crippen LogP contribution in [0.5, 0.6) is 5.75 Å². The molecule has 5 heteroatoms. The molecule has 4 nitrogen and oxygen atoms in total. The quantitative estimate of drug-likeness (QED) is 0.545. The molecule has 1 aromatic rings. The van der Waals surface area contributed by atoms with E-state index < -0.39 is 14.4 Å². The molecule has 1 rings (SSSR count). The lowest BCUT2D eigenvalue weighted by molar-refractivity contribution is 0.0464. The molecule has 0 bridgehead atoms. The van der Waals surface area contributed by atoms with Crippen LogP contribution in [-0.4, -0.2) is 39.9 Å². The smallest absolute Gasteiger partial charge is 0.192 e. The van der Waals surface area contributed by atoms with E-state index in [1.165, 1.54) is 0 Å². The van der Waals surface area contributed by atoms with Crippen LogP contribution in [0.1, 0.15) is 32.8 Å². The SMILES string of the molecule is COc1ccc(COCCC(O)CO[Si](C)(C)C(C)(C)C)cc1. The molecule has 1 N–H and O–H groups in total. The van der Waals surface area contributed by atoms with E-state index in [0.29, 0.717) is 26.2 Å². The molecule has 0 aliphatic heterocycles. The molecule has 23 heavy (non-hydrogen) atoms. The van der Waals surface area contributed by atoms with Crippen LogP contribution < -0.4 is 4.74 Å². The van der Waals surface area contributed by atoms with Crippen LogP contribution in [0, 0.1) is 0 Å². The largest absolute Gasteiger partial charge is 0.497 e. The summed E-state index contributed by atoms with van der Waals surface area (Å²) < 4.78 is 16.8. The minimum atomic E-state index is -1.79. The van der Waals surface area contributed by atoms with Gasteiger partial charge in [-0.1, -0.05) is 32.9 Å². The van der Waals surface area contributed by atoms with Crippen LogP contribution in [0.25, 0.3) is 0 Å². The molecule has 0 radical (unpaired) electrons. The van der Waals surface area contributed by atoms with E-state index in [-0.39, 0.29) is 5.04 Å². The highest BCUT2D eigenvalue weighted by Gasteiger charge is 2.37. The Morgan fingerprint density at radius 2 is 1.74 bits per heavy atom. The number of aliphatic hydroxyl groups excluding tert-OH is 1. The van der Waals surface area contributed by atoms with Crippen molar-refractivity contribution in [3.8, 4) is 5.75 Å². The van der Waals surface area contributed by atoms with E-state index in [0.717, 1.165) is 11.3 Å². The lowest BCUT2D eigenvalue weighted by Gasteiger charge is -2.36. The minimum Gasteiger partial charge on any atom is -0.497 e. The van der Waals surface area contributed by atoms with Crippen molar-refractivity contribution in [1.29, 1.82) is 0 Å². The Morgan fingerprint density at radius 1 is 1.13 bits per heavy atom. The highest BCUT2D eigenvalue weighted by atomic mass is 28.4. The van der Waals surface area contributed by atoms with Gasteiger partial charge in [0.1, 0.15) is 5.75 Å². The first-order chi connectivity index (χ1) is 10.7. The summed E-state index contributed by atoms with van der Waals surface area (Å²) in [4.78, 5) is 0. The number of ether oxygens (including phenoxy) is 2. The summed E-state index contributed by atoms with van der Waals surface area (Å²) in [6.45, 7) is 12.4. The molecule has 0 aliphatic rings. The van der Waals surface area contributed by atoms with Gasteiger partial charge < -0.3 is 19.0 Å². The second kappa shape index (κ2) is 8.83. The van der Waals surface area contributed by atoms with Gasteiger partial charge in [-0.25, -0.2) is 0 Å². The zero-order valence-electron chi connectivity index (χ0n) is 15.4. The number of methoxy groups -OCH3 is 1. The van der Waals surface area contributed by atoms with Gasteiger partial charge in [-0.2, -0.15) is 0 Å². The molecule has 0 fully saturated rings. The van der Waals surface area contributed by atoms with Gasteiger partial charge >= 0.3 is 0 Å². The summed E-state index contributed by atoms with van der Waals surface area (Å²) in [6.07, 6.45) is 0.116. The highest BCUT2D eigenvalue weighted by molar-refractivity contribution is 6.74. The fourth-order valence-corrected chi connectivity index (χ4v) is 2.78. The Balaban J connectivity index is 2.22. The van der Waals surface area contributed by atoms with Gasteiger partial charge in [0.05, 0.1) is 26.4 Å². The predicted molar refractivity (Wildman–Crippen MR) is 96.4 cm³/mol. The fourth-order valence-electron chi connectivity index (χ4n) is 1.74. The molecule has 0 heterocycles. The fraction of sp³-hybridized carbons (Fsp3) is 0.667. The number of benzene rings is 1. The molecule has 1 unspecified atom stereocenters. The van der Waals surface area contributed by atoms with Gasteiger partial charge in [-0.3, -0.25) is 0 Å². The summed E-state index contributed by atoms with van der Waals surface area (Å²) in [7, 11) is -0.138. The van der Waals surface area contributed by atoms with Crippen molar-refractivity contribution in [3.63, 3.8) is 0 Å². The van der Waals surface area contributed by atoms with Crippen molar-refractivity contribution < 1.29 is 19.0 Å². The Bertz CT molecular complexity index is 451. The van der Waals surface area contributed by atoms with Crippen LogP contribution in [0.2, 0.25) is 18.1 Å². The van der Waals surface area contributed by atoms with Gasteiger partial charge in [0.25, 0.3) is 0 Å². The maximum absolute atomic E-state index is 10.0. The third-order valence-electron chi connectivity index (χ3n) is 4.47. The second-order valence-electron chi connectivity index (χ2n) is 7.41. The first-order valence-electron chi connectivity index (χ1n) is 8.18. The van der Waals surface area contributed by atoms with Gasteiger partial charge in [0.15, 0.2) is 8.32 Å². The van der Waals surface area contributed by atoms with Crippen LogP contribution in [0.4, 0.5) is 0 Å². The van der Waals surface area contributed by atoms with E-state index in [9.17, 15) is 5.11 Å². The molecule has 132 valence electrons. The summed E-state index contributed by atoms with van der Waals surface area (Å²) in [5.41, 5.74) is 1.10. The van der Waals surface area contributed by atoms with Crippen molar-refractivity contribution in [1.82, 2.24) is 0 Å². The predicted octanol–water partition coefficient (Wildman–Crippen LogP) is 3.98. The van der Waals surface area contributed by atoms with Gasteiger partial charge in [-0.05, 0) is 42.2 Å². The van der Waals surface area contributed by atoms with E-state index in [4.69, 9.17) is 13.9 Å². The minimum absolute atomic E-state index is 0.164. The molecule has 0 aromatic heterocycles. The average Bonchev–Trinajstić information content (AvgIpc) is 2.49. The van der Waals surface area contributed by atoms with E-state index in [1.54, 1.807) is 7.11 Å². The summed E-state index contributed by atoms with van der Waals surface area (Å²) in [5, 5.41) is 10.2. The molecule has 0 amide bonds. The van der Waals surface area contributed by atoms with E-state index in [1.807, 2.05) is 24.3 Å². The van der Waals surface area contributed by atoms with E-state index in [2.05, 4.69) is 33.9 Å². The summed E-state index contributed by atoms with van der Waals surface area (Å²) in [6, 6.07) is 7.80. The van der Waals surface area contributed by atoms with Crippen molar-refractivity contribution in [2.75, 3.05) is 20.3 Å². The first-order valence-corrected chi connectivity index (χ1v) is 11.1. The molecular formula is C18H32O4Si. The third kappa shape index (κ3) is 7.04. The van der Waals surface area contributed by atoms with Crippen LogP contribution in [0.15, 0.2) is 24.3 Å². The van der Waals surface area contributed by atoms with Gasteiger partial charge in [0.2, 0.25) is 0 Å². The van der Waals surface area contributed by atoms with E-state index >= 15 is 0 Å². The Hall–Kier alpha value is -0.883. The Kier molecular flexibility index (Phi) is 7.74. The second-order valence-corrected chi connectivity index (χ2v) is 12.2. The van der Waals surface area contributed by atoms with Crippen molar-refractivity contribution >= 4 is 8.32 Å². The number of rotatable bonds is 9. The number of hydrogen-bond acceptors (Lipinski definition) is 4. The normalized spacial score (nSPS) is 13.9. The van der Waals surface area contributed by atoms with Crippen molar-refractivity contribution in [3.05, 3.63) is 29.8 Å². The number of hydrogen-bond donors (Lipinski definition) is 1. The lowest BCUT2D eigenvalue weighted by Crippen LogP contribution is -2.42. The first kappa shape index (κ1) is 20.2. The molecule has 0 aliphatic carbocycles. The third-order valence-corrected chi connectivity index (χ3v) is 8.97. The summed E-state index contributed by atoms with van der Waals surface area (Å²) in [5.74, 6) is 0.840. The van der Waals surface area contributed by atoms with Crippen molar-refractivity contribution in [2.45, 2.75) is 58.0 Å². The maximum atomic E-state index is 10.0. The zero-order valence-corrected chi connectivity index (χ0v) is 16.4. The molecule has 0 spiro atoms. The zero-order chi connectivity index (χ0) is 17.5. The molecule has 1 aromatic carbocycles. The lowest BCUT2D eigenvalue weighted by atomic mass is 10.2. The maximum Gasteiger partial charge on any atom is 0.192 e. The Morgan fingerprint density at radius 3 is 2.26 bits per heavy atom. The average molecular weight is 341 g/mol. The standard InChI is InChI=1S/C18H32O4Si/c1-18(2,3)23(5,6)22-14-16(19)11-12-21-13-15-7-9-17(20-4)10-8-15/h7-10,16,19H,11-14H2,1-6H3. The van der Waals surface area contributed by atoms with Gasteiger partial charge in [-0.15, -0.1) is 0 Å². The van der Waals surface area contributed by atoms with Gasteiger partial charge in [0, 0.05) is 6.61 Å². The highest BCUT2D eigenvalue weighted by Crippen LogP contribution is 2.36.